The highest BCUT2D eigenvalue weighted by molar-refractivity contribution is 9.09. The van der Waals surface area contributed by atoms with E-state index < -0.39 is 0 Å². The molecule has 0 spiro atoms. The molecule has 0 aliphatic heterocycles. The molecule has 1 aromatic carbocycles. The summed E-state index contributed by atoms with van der Waals surface area (Å²) in [5, 5.41) is 1.79. The molecule has 0 aromatic heterocycles. The Labute approximate surface area is 105 Å². The molecule has 0 heterocycles. The van der Waals surface area contributed by atoms with E-state index in [0.29, 0.717) is 5.02 Å². The highest BCUT2D eigenvalue weighted by Crippen LogP contribution is 2.23. The largest absolute Gasteiger partial charge is 0.492 e. The van der Waals surface area contributed by atoms with Gasteiger partial charge in [-0.2, -0.15) is 0 Å². The monoisotopic (exact) mass is 290 g/mol. The van der Waals surface area contributed by atoms with Crippen LogP contribution in [0.2, 0.25) is 5.02 Å². The van der Waals surface area contributed by atoms with E-state index in [9.17, 15) is 0 Å². The van der Waals surface area contributed by atoms with Crippen LogP contribution in [-0.4, -0.2) is 11.9 Å². The number of benzene rings is 1. The topological polar surface area (TPSA) is 9.23 Å². The third kappa shape index (κ3) is 5.43. The van der Waals surface area contributed by atoms with E-state index in [1.165, 1.54) is 19.3 Å². The Bertz CT molecular complexity index is 278. The summed E-state index contributed by atoms with van der Waals surface area (Å²) in [6, 6.07) is 7.60. The summed E-state index contributed by atoms with van der Waals surface area (Å²) < 4.78 is 5.57. The molecule has 0 N–H and O–H groups in total. The van der Waals surface area contributed by atoms with Crippen LogP contribution in [0.25, 0.3) is 0 Å². The Balaban J connectivity index is 2.12. The van der Waals surface area contributed by atoms with E-state index in [2.05, 4.69) is 15.9 Å². The second-order valence-electron chi connectivity index (χ2n) is 3.38. The first-order valence-electron chi connectivity index (χ1n) is 5.28. The van der Waals surface area contributed by atoms with E-state index in [-0.39, 0.29) is 0 Å². The number of unbranched alkanes of at least 4 members (excludes halogenated alkanes) is 3. The van der Waals surface area contributed by atoms with Gasteiger partial charge in [-0.15, -0.1) is 0 Å². The SMILES string of the molecule is Clc1ccccc1OCCCCCCBr. The minimum absolute atomic E-state index is 0.693. The average molecular weight is 292 g/mol. The van der Waals surface area contributed by atoms with Crippen LogP contribution in [0.3, 0.4) is 0 Å². The summed E-state index contributed by atoms with van der Waals surface area (Å²) in [7, 11) is 0. The van der Waals surface area contributed by atoms with Crippen molar-refractivity contribution in [1.82, 2.24) is 0 Å². The molecule has 0 aliphatic rings. The molecule has 1 aromatic rings. The first-order valence-corrected chi connectivity index (χ1v) is 6.78. The first-order chi connectivity index (χ1) is 7.34. The molecule has 1 nitrogen and oxygen atoms in total. The van der Waals surface area contributed by atoms with Crippen LogP contribution in [-0.2, 0) is 0 Å². The van der Waals surface area contributed by atoms with Crippen molar-refractivity contribution in [3.05, 3.63) is 29.3 Å². The lowest BCUT2D eigenvalue weighted by molar-refractivity contribution is 0.305. The molecule has 0 saturated carbocycles. The van der Waals surface area contributed by atoms with Gasteiger partial charge < -0.3 is 4.74 Å². The van der Waals surface area contributed by atoms with E-state index in [0.717, 1.165) is 24.1 Å². The summed E-state index contributed by atoms with van der Waals surface area (Å²) >= 11 is 9.37. The van der Waals surface area contributed by atoms with Crippen molar-refractivity contribution in [2.45, 2.75) is 25.7 Å². The fraction of sp³-hybridized carbons (Fsp3) is 0.500. The van der Waals surface area contributed by atoms with Gasteiger partial charge in [0, 0.05) is 5.33 Å². The van der Waals surface area contributed by atoms with Crippen LogP contribution in [0.15, 0.2) is 24.3 Å². The smallest absolute Gasteiger partial charge is 0.137 e. The molecule has 0 atom stereocenters. The van der Waals surface area contributed by atoms with Crippen LogP contribution in [0.5, 0.6) is 5.75 Å². The van der Waals surface area contributed by atoms with Crippen LogP contribution in [0.1, 0.15) is 25.7 Å². The summed E-state index contributed by atoms with van der Waals surface area (Å²) in [6.45, 7) is 0.756. The molecule has 0 radical (unpaired) electrons. The molecule has 3 heteroatoms. The molecule has 0 saturated heterocycles. The van der Waals surface area contributed by atoms with Gasteiger partial charge in [-0.25, -0.2) is 0 Å². The Morgan fingerprint density at radius 1 is 1.07 bits per heavy atom. The number of para-hydroxylation sites is 1. The lowest BCUT2D eigenvalue weighted by Gasteiger charge is -2.07. The van der Waals surface area contributed by atoms with Crippen molar-refractivity contribution in [3.63, 3.8) is 0 Å². The number of ether oxygens (including phenoxy) is 1. The van der Waals surface area contributed by atoms with Gasteiger partial charge in [0.2, 0.25) is 0 Å². The summed E-state index contributed by atoms with van der Waals surface area (Å²) in [5.74, 6) is 0.791. The summed E-state index contributed by atoms with van der Waals surface area (Å²) in [5.41, 5.74) is 0. The fourth-order valence-corrected chi connectivity index (χ4v) is 1.88. The van der Waals surface area contributed by atoms with Gasteiger partial charge in [0.1, 0.15) is 5.75 Å². The normalized spacial score (nSPS) is 10.3. The van der Waals surface area contributed by atoms with Crippen molar-refractivity contribution in [2.24, 2.45) is 0 Å². The zero-order chi connectivity index (χ0) is 10.9. The molecule has 0 bridgehead atoms. The Kier molecular flexibility index (Phi) is 6.86. The van der Waals surface area contributed by atoms with Gasteiger partial charge >= 0.3 is 0 Å². The number of hydrogen-bond acceptors (Lipinski definition) is 1. The molecule has 0 aliphatic carbocycles. The number of hydrogen-bond donors (Lipinski definition) is 0. The molecule has 84 valence electrons. The van der Waals surface area contributed by atoms with Gasteiger partial charge in [-0.05, 0) is 25.0 Å². The molecular formula is C12H16BrClO. The molecule has 15 heavy (non-hydrogen) atoms. The van der Waals surface area contributed by atoms with Crippen molar-refractivity contribution >= 4 is 27.5 Å². The minimum Gasteiger partial charge on any atom is -0.492 e. The predicted octanol–water partition coefficient (Wildman–Crippen LogP) is 4.67. The minimum atomic E-state index is 0.693. The Morgan fingerprint density at radius 2 is 1.80 bits per heavy atom. The first kappa shape index (κ1) is 12.9. The highest BCUT2D eigenvalue weighted by Gasteiger charge is 1.98. The van der Waals surface area contributed by atoms with Crippen molar-refractivity contribution in [3.8, 4) is 5.75 Å². The average Bonchev–Trinajstić information content (AvgIpc) is 2.25. The van der Waals surface area contributed by atoms with Crippen LogP contribution in [0.4, 0.5) is 0 Å². The second kappa shape index (κ2) is 8.00. The van der Waals surface area contributed by atoms with E-state index in [1.807, 2.05) is 24.3 Å². The van der Waals surface area contributed by atoms with E-state index in [1.54, 1.807) is 0 Å². The summed E-state index contributed by atoms with van der Waals surface area (Å²) in [6.07, 6.45) is 4.82. The zero-order valence-electron chi connectivity index (χ0n) is 8.72. The molecule has 1 rings (SSSR count). The third-order valence-electron chi connectivity index (χ3n) is 2.12. The highest BCUT2D eigenvalue weighted by atomic mass is 79.9. The van der Waals surface area contributed by atoms with Gasteiger partial charge in [0.25, 0.3) is 0 Å². The predicted molar refractivity (Wildman–Crippen MR) is 69.2 cm³/mol. The van der Waals surface area contributed by atoms with Crippen LogP contribution >= 0.6 is 27.5 Å². The van der Waals surface area contributed by atoms with Crippen molar-refractivity contribution < 1.29 is 4.74 Å². The summed E-state index contributed by atoms with van der Waals surface area (Å²) in [4.78, 5) is 0. The Morgan fingerprint density at radius 3 is 2.53 bits per heavy atom. The molecular weight excluding hydrogens is 275 g/mol. The fourth-order valence-electron chi connectivity index (χ4n) is 1.29. The van der Waals surface area contributed by atoms with Crippen molar-refractivity contribution in [1.29, 1.82) is 0 Å². The third-order valence-corrected chi connectivity index (χ3v) is 3.00. The lowest BCUT2D eigenvalue weighted by Crippen LogP contribution is -1.97. The number of alkyl halides is 1. The lowest BCUT2D eigenvalue weighted by atomic mass is 10.2. The second-order valence-corrected chi connectivity index (χ2v) is 4.58. The van der Waals surface area contributed by atoms with Crippen molar-refractivity contribution in [2.75, 3.05) is 11.9 Å². The zero-order valence-corrected chi connectivity index (χ0v) is 11.1. The van der Waals surface area contributed by atoms with Gasteiger partial charge in [-0.1, -0.05) is 52.5 Å². The maximum absolute atomic E-state index is 5.96. The number of rotatable bonds is 7. The maximum atomic E-state index is 5.96. The van der Waals surface area contributed by atoms with E-state index in [4.69, 9.17) is 16.3 Å². The quantitative estimate of drug-likeness (QED) is 0.524. The molecule has 0 unspecified atom stereocenters. The Hall–Kier alpha value is -0.210. The van der Waals surface area contributed by atoms with Crippen LogP contribution in [0, 0.1) is 0 Å². The van der Waals surface area contributed by atoms with E-state index >= 15 is 0 Å². The standard InChI is InChI=1S/C12H16BrClO/c13-9-5-1-2-6-10-15-12-8-4-3-7-11(12)14/h3-4,7-8H,1-2,5-6,9-10H2. The molecule has 0 fully saturated rings. The van der Waals surface area contributed by atoms with Gasteiger partial charge in [0.15, 0.2) is 0 Å². The van der Waals surface area contributed by atoms with Gasteiger partial charge in [-0.3, -0.25) is 0 Å². The molecule has 0 amide bonds. The van der Waals surface area contributed by atoms with Crippen LogP contribution < -0.4 is 4.74 Å². The van der Waals surface area contributed by atoms with Gasteiger partial charge in [0.05, 0.1) is 11.6 Å². The number of halogens is 2. The maximum Gasteiger partial charge on any atom is 0.137 e.